The number of alkyl halides is 3. The van der Waals surface area contributed by atoms with Gasteiger partial charge in [0.25, 0.3) is 5.56 Å². The first-order chi connectivity index (χ1) is 12.3. The summed E-state index contributed by atoms with van der Waals surface area (Å²) in [5.41, 5.74) is -3.08. The third-order valence-corrected chi connectivity index (χ3v) is 3.96. The Kier molecular flexibility index (Phi) is 6.98. The van der Waals surface area contributed by atoms with Crippen LogP contribution < -0.4 is 10.9 Å². The van der Waals surface area contributed by atoms with Gasteiger partial charge in [-0.3, -0.25) is 9.59 Å². The highest BCUT2D eigenvalue weighted by molar-refractivity contribution is 5.69. The fourth-order valence-corrected chi connectivity index (χ4v) is 2.63. The molecule has 0 aliphatic carbocycles. The highest BCUT2D eigenvalue weighted by Gasteiger charge is 2.39. The molecule has 1 aliphatic heterocycles. The second kappa shape index (κ2) is 8.99. The number of anilines is 1. The van der Waals surface area contributed by atoms with Crippen LogP contribution in [0.1, 0.15) is 24.8 Å². The maximum Gasteiger partial charge on any atom is 0.423 e. The lowest BCUT2D eigenvalue weighted by Gasteiger charge is -2.22. The van der Waals surface area contributed by atoms with Crippen molar-refractivity contribution in [3.63, 3.8) is 0 Å². The number of carbonyl (C=O) groups is 1. The third kappa shape index (κ3) is 5.43. The lowest BCUT2D eigenvalue weighted by molar-refractivity contribution is -0.142. The number of aromatic nitrogens is 2. The molecule has 8 nitrogen and oxygen atoms in total. The molecule has 0 bridgehead atoms. The molecule has 2 N–H and O–H groups in total. The molecule has 0 aromatic carbocycles. The number of methoxy groups -OCH3 is 1. The number of nitrogens with zero attached hydrogens (tertiary/aromatic N) is 1. The van der Waals surface area contributed by atoms with E-state index < -0.39 is 29.2 Å². The van der Waals surface area contributed by atoms with Gasteiger partial charge < -0.3 is 19.5 Å². The van der Waals surface area contributed by atoms with Crippen molar-refractivity contribution in [2.45, 2.75) is 31.7 Å². The van der Waals surface area contributed by atoms with Crippen LogP contribution in [0.25, 0.3) is 0 Å². The zero-order chi connectivity index (χ0) is 19.2. The van der Waals surface area contributed by atoms with Gasteiger partial charge in [0.1, 0.15) is 11.8 Å². The number of rotatable bonds is 8. The predicted molar refractivity (Wildman–Crippen MR) is 83.4 cm³/mol. The summed E-state index contributed by atoms with van der Waals surface area (Å²) in [5.74, 6) is -0.483. The number of carbonyl (C=O) groups excluding carboxylic acids is 1. The van der Waals surface area contributed by atoms with Crippen molar-refractivity contribution >= 4 is 11.7 Å². The summed E-state index contributed by atoms with van der Waals surface area (Å²) in [6.07, 6.45) is -3.30. The number of esters is 1. The van der Waals surface area contributed by atoms with Gasteiger partial charge in [0.05, 0.1) is 32.0 Å². The number of halogens is 3. The minimum absolute atomic E-state index is 0.103. The SMILES string of the molecule is COC(=O)CCOCCC1CCOC1Nc1cn[nH]c(=O)c1C(F)(F)F. The van der Waals surface area contributed by atoms with E-state index in [-0.39, 0.29) is 24.9 Å². The molecule has 26 heavy (non-hydrogen) atoms. The first-order valence-electron chi connectivity index (χ1n) is 8.00. The number of ether oxygens (including phenoxy) is 3. The first-order valence-corrected chi connectivity index (χ1v) is 8.00. The largest absolute Gasteiger partial charge is 0.469 e. The van der Waals surface area contributed by atoms with Crippen LogP contribution in [0.3, 0.4) is 0 Å². The molecule has 1 aromatic heterocycles. The van der Waals surface area contributed by atoms with Gasteiger partial charge in [0.2, 0.25) is 0 Å². The lowest BCUT2D eigenvalue weighted by Crippen LogP contribution is -2.31. The number of nitrogens with one attached hydrogen (secondary N) is 2. The Morgan fingerprint density at radius 1 is 1.46 bits per heavy atom. The van der Waals surface area contributed by atoms with Crippen molar-refractivity contribution < 1.29 is 32.2 Å². The van der Waals surface area contributed by atoms with Gasteiger partial charge in [-0.2, -0.15) is 18.3 Å². The van der Waals surface area contributed by atoms with Crippen molar-refractivity contribution in [1.82, 2.24) is 10.2 Å². The van der Waals surface area contributed by atoms with Gasteiger partial charge in [0.15, 0.2) is 0 Å². The van der Waals surface area contributed by atoms with Gasteiger partial charge in [-0.05, 0) is 12.8 Å². The van der Waals surface area contributed by atoms with E-state index in [0.29, 0.717) is 26.1 Å². The van der Waals surface area contributed by atoms with E-state index in [9.17, 15) is 22.8 Å². The topological polar surface area (TPSA) is 103 Å². The van der Waals surface area contributed by atoms with E-state index in [2.05, 4.69) is 15.2 Å². The number of hydrogen-bond donors (Lipinski definition) is 2. The monoisotopic (exact) mass is 379 g/mol. The van der Waals surface area contributed by atoms with E-state index in [1.54, 1.807) is 5.10 Å². The summed E-state index contributed by atoms with van der Waals surface area (Å²) in [6.45, 7) is 0.903. The molecule has 1 aliphatic rings. The van der Waals surface area contributed by atoms with Crippen LogP contribution in [0, 0.1) is 5.92 Å². The van der Waals surface area contributed by atoms with Crippen molar-refractivity contribution in [2.24, 2.45) is 5.92 Å². The van der Waals surface area contributed by atoms with Crippen LogP contribution >= 0.6 is 0 Å². The van der Waals surface area contributed by atoms with E-state index in [0.717, 1.165) is 6.20 Å². The van der Waals surface area contributed by atoms with Crippen LogP contribution in [0.4, 0.5) is 18.9 Å². The van der Waals surface area contributed by atoms with Crippen LogP contribution in [0.15, 0.2) is 11.0 Å². The normalized spacial score (nSPS) is 20.2. The summed E-state index contributed by atoms with van der Waals surface area (Å²) in [4.78, 5) is 22.5. The molecule has 2 unspecified atom stereocenters. The van der Waals surface area contributed by atoms with Gasteiger partial charge in [-0.15, -0.1) is 0 Å². The van der Waals surface area contributed by atoms with Gasteiger partial charge >= 0.3 is 12.1 Å². The standard InChI is InChI=1S/C15H20F3N3O5/c1-24-11(22)4-6-25-5-2-9-3-7-26-14(9)20-10-8-19-21-13(23)12(10)15(16,17)18/h8-9,14H,2-7H2,1H3,(H2,20,21,23). The molecule has 0 spiro atoms. The average Bonchev–Trinajstić information content (AvgIpc) is 3.00. The smallest absolute Gasteiger partial charge is 0.423 e. The third-order valence-electron chi connectivity index (χ3n) is 3.96. The molecule has 0 radical (unpaired) electrons. The second-order valence-corrected chi connectivity index (χ2v) is 5.70. The Morgan fingerprint density at radius 3 is 2.92 bits per heavy atom. The minimum Gasteiger partial charge on any atom is -0.469 e. The molecule has 2 atom stereocenters. The maximum atomic E-state index is 13.1. The van der Waals surface area contributed by atoms with E-state index in [1.807, 2.05) is 0 Å². The molecule has 11 heteroatoms. The van der Waals surface area contributed by atoms with Crippen LogP contribution in [0.5, 0.6) is 0 Å². The highest BCUT2D eigenvalue weighted by atomic mass is 19.4. The predicted octanol–water partition coefficient (Wildman–Crippen LogP) is 1.53. The highest BCUT2D eigenvalue weighted by Crippen LogP contribution is 2.33. The minimum atomic E-state index is -4.82. The Labute approximate surface area is 147 Å². The molecule has 0 saturated carbocycles. The molecule has 2 rings (SSSR count). The Morgan fingerprint density at radius 2 is 2.23 bits per heavy atom. The summed E-state index contributed by atoms with van der Waals surface area (Å²) in [5, 5.41) is 7.81. The van der Waals surface area contributed by atoms with Gasteiger partial charge in [-0.25, -0.2) is 5.10 Å². The summed E-state index contributed by atoms with van der Waals surface area (Å²) >= 11 is 0. The van der Waals surface area contributed by atoms with Crippen molar-refractivity contribution in [3.05, 3.63) is 22.1 Å². The molecule has 0 amide bonds. The molecule has 1 aromatic rings. The van der Waals surface area contributed by atoms with Crippen molar-refractivity contribution in [3.8, 4) is 0 Å². The van der Waals surface area contributed by atoms with E-state index in [1.165, 1.54) is 7.11 Å². The first kappa shape index (κ1) is 20.2. The summed E-state index contributed by atoms with van der Waals surface area (Å²) in [7, 11) is 1.28. The molecular weight excluding hydrogens is 359 g/mol. The number of aromatic amines is 1. The number of H-pyrrole nitrogens is 1. The molecule has 1 saturated heterocycles. The van der Waals surface area contributed by atoms with Crippen LogP contribution in [-0.2, 0) is 25.2 Å². The fraction of sp³-hybridized carbons (Fsp3) is 0.667. The summed E-state index contributed by atoms with van der Waals surface area (Å²) < 4.78 is 54.5. The van der Waals surface area contributed by atoms with E-state index >= 15 is 0 Å². The van der Waals surface area contributed by atoms with Crippen LogP contribution in [0.2, 0.25) is 0 Å². The molecule has 1 fully saturated rings. The van der Waals surface area contributed by atoms with E-state index in [4.69, 9.17) is 9.47 Å². The van der Waals surface area contributed by atoms with Gasteiger partial charge in [0, 0.05) is 19.1 Å². The fourth-order valence-electron chi connectivity index (χ4n) is 2.63. The quantitative estimate of drug-likeness (QED) is 0.522. The summed E-state index contributed by atoms with van der Waals surface area (Å²) in [6, 6.07) is 0. The zero-order valence-corrected chi connectivity index (χ0v) is 14.1. The average molecular weight is 379 g/mol. The molecular formula is C15H20F3N3O5. The number of hydrogen-bond acceptors (Lipinski definition) is 7. The Balaban J connectivity index is 1.92. The Bertz CT molecular complexity index is 665. The lowest BCUT2D eigenvalue weighted by atomic mass is 10.0. The Hall–Kier alpha value is -2.14. The van der Waals surface area contributed by atoms with Gasteiger partial charge in [-0.1, -0.05) is 0 Å². The molecule has 146 valence electrons. The van der Waals surface area contributed by atoms with Crippen molar-refractivity contribution in [1.29, 1.82) is 0 Å². The zero-order valence-electron chi connectivity index (χ0n) is 14.1. The van der Waals surface area contributed by atoms with Crippen LogP contribution in [-0.4, -0.2) is 49.3 Å². The maximum absolute atomic E-state index is 13.1. The second-order valence-electron chi connectivity index (χ2n) is 5.70. The molecule has 2 heterocycles. The van der Waals surface area contributed by atoms with Crippen molar-refractivity contribution in [2.75, 3.05) is 32.2 Å².